The summed E-state index contributed by atoms with van der Waals surface area (Å²) in [7, 11) is 1.57. The Hall–Kier alpha value is -2.05. The Labute approximate surface area is 159 Å². The molecule has 1 amide bonds. The number of ether oxygens (including phenoxy) is 1. The van der Waals surface area contributed by atoms with Crippen LogP contribution in [0.25, 0.3) is 0 Å². The zero-order valence-corrected chi connectivity index (χ0v) is 16.4. The highest BCUT2D eigenvalue weighted by Crippen LogP contribution is 2.27. The number of carbonyl (C=O) groups excluding carboxylic acids is 1. The third-order valence-corrected chi connectivity index (χ3v) is 5.57. The number of hydrogen-bond acceptors (Lipinski definition) is 4. The first kappa shape index (κ1) is 18.7. The van der Waals surface area contributed by atoms with Crippen LogP contribution in [0.15, 0.2) is 24.5 Å². The van der Waals surface area contributed by atoms with Crippen molar-refractivity contribution >= 4 is 17.5 Å². The van der Waals surface area contributed by atoms with Crippen LogP contribution < -0.4 is 4.74 Å². The molecule has 1 fully saturated rings. The monoisotopic (exact) mass is 376 g/mol. The molecule has 2 atom stereocenters. The van der Waals surface area contributed by atoms with Crippen LogP contribution in [0, 0.1) is 6.92 Å². The first-order valence-electron chi connectivity index (χ1n) is 8.79. The molecule has 1 aliphatic heterocycles. The average molecular weight is 377 g/mol. The number of benzene rings is 1. The van der Waals surface area contributed by atoms with E-state index in [9.17, 15) is 4.79 Å². The summed E-state index contributed by atoms with van der Waals surface area (Å²) >= 11 is 6.09. The van der Waals surface area contributed by atoms with E-state index in [1.807, 2.05) is 11.8 Å². The Bertz CT molecular complexity index is 792. The van der Waals surface area contributed by atoms with Gasteiger partial charge in [0.1, 0.15) is 5.75 Å². The predicted octanol–water partition coefficient (Wildman–Crippen LogP) is 3.12. The Balaban J connectivity index is 1.76. The summed E-state index contributed by atoms with van der Waals surface area (Å²) in [6.45, 7) is 8.51. The van der Waals surface area contributed by atoms with E-state index in [1.165, 1.54) is 0 Å². The van der Waals surface area contributed by atoms with Crippen LogP contribution in [-0.2, 0) is 6.54 Å². The van der Waals surface area contributed by atoms with Crippen molar-refractivity contribution in [2.75, 3.05) is 20.2 Å². The van der Waals surface area contributed by atoms with Gasteiger partial charge in [0.15, 0.2) is 0 Å². The molecule has 0 radical (unpaired) electrons. The SMILES string of the molecule is COc1ccc(Cl)cc1C(=O)N1CCN(Cc2nc[nH]c2C)[C@H](C)[C@H]1C. The second-order valence-corrected chi connectivity index (χ2v) is 7.21. The predicted molar refractivity (Wildman–Crippen MR) is 102 cm³/mol. The molecule has 140 valence electrons. The van der Waals surface area contributed by atoms with Gasteiger partial charge in [-0.25, -0.2) is 4.98 Å². The van der Waals surface area contributed by atoms with Crippen molar-refractivity contribution in [2.45, 2.75) is 39.4 Å². The maximum absolute atomic E-state index is 13.1. The molecule has 2 heterocycles. The topological polar surface area (TPSA) is 61.5 Å². The van der Waals surface area contributed by atoms with Crippen molar-refractivity contribution in [1.82, 2.24) is 19.8 Å². The Kier molecular flexibility index (Phi) is 5.53. The molecule has 1 aromatic carbocycles. The molecule has 0 saturated carbocycles. The number of halogens is 1. The van der Waals surface area contributed by atoms with Gasteiger partial charge < -0.3 is 14.6 Å². The second-order valence-electron chi connectivity index (χ2n) is 6.77. The van der Waals surface area contributed by atoms with Crippen LogP contribution in [0.5, 0.6) is 5.75 Å². The molecule has 1 saturated heterocycles. The highest BCUT2D eigenvalue weighted by molar-refractivity contribution is 6.31. The number of hydrogen-bond donors (Lipinski definition) is 1. The highest BCUT2D eigenvalue weighted by atomic mass is 35.5. The Morgan fingerprint density at radius 3 is 2.77 bits per heavy atom. The number of aromatic amines is 1. The van der Waals surface area contributed by atoms with Gasteiger partial charge in [-0.3, -0.25) is 9.69 Å². The van der Waals surface area contributed by atoms with Crippen molar-refractivity contribution in [3.05, 3.63) is 46.5 Å². The first-order chi connectivity index (χ1) is 12.4. The fraction of sp³-hybridized carbons (Fsp3) is 0.474. The molecule has 0 spiro atoms. The quantitative estimate of drug-likeness (QED) is 0.890. The highest BCUT2D eigenvalue weighted by Gasteiger charge is 2.35. The van der Waals surface area contributed by atoms with E-state index in [-0.39, 0.29) is 18.0 Å². The molecule has 2 aromatic rings. The minimum absolute atomic E-state index is 0.0423. The van der Waals surface area contributed by atoms with Crippen LogP contribution in [0.3, 0.4) is 0 Å². The second kappa shape index (κ2) is 7.68. The van der Waals surface area contributed by atoms with Crippen molar-refractivity contribution in [3.63, 3.8) is 0 Å². The summed E-state index contributed by atoms with van der Waals surface area (Å²) in [5, 5.41) is 0.530. The van der Waals surface area contributed by atoms with Crippen LogP contribution in [0.4, 0.5) is 0 Å². The standard InChI is InChI=1S/C19H25ClN4O2/c1-12-17(22-11-21-12)10-23-7-8-24(14(3)13(23)2)19(25)16-9-15(20)5-6-18(16)26-4/h5-6,9,11,13-14H,7-8,10H2,1-4H3,(H,21,22)/t13-,14-/m1/s1. The number of rotatable bonds is 4. The van der Waals surface area contributed by atoms with Crippen LogP contribution in [-0.4, -0.2) is 58.0 Å². The molecule has 0 unspecified atom stereocenters. The zero-order chi connectivity index (χ0) is 18.8. The third-order valence-electron chi connectivity index (χ3n) is 5.33. The van der Waals surface area contributed by atoms with E-state index in [0.29, 0.717) is 22.9 Å². The molecule has 6 nitrogen and oxygen atoms in total. The zero-order valence-electron chi connectivity index (χ0n) is 15.6. The number of nitrogens with one attached hydrogen (secondary N) is 1. The van der Waals surface area contributed by atoms with Gasteiger partial charge in [0.2, 0.25) is 0 Å². The van der Waals surface area contributed by atoms with Crippen LogP contribution in [0.2, 0.25) is 5.02 Å². The van der Waals surface area contributed by atoms with E-state index < -0.39 is 0 Å². The number of H-pyrrole nitrogens is 1. The third kappa shape index (κ3) is 3.57. The summed E-state index contributed by atoms with van der Waals surface area (Å²) in [5.74, 6) is 0.508. The largest absolute Gasteiger partial charge is 0.496 e. The lowest BCUT2D eigenvalue weighted by Crippen LogP contribution is -2.58. The molecule has 0 bridgehead atoms. The number of amides is 1. The lowest BCUT2D eigenvalue weighted by atomic mass is 10.0. The van der Waals surface area contributed by atoms with Gasteiger partial charge in [0.25, 0.3) is 5.91 Å². The lowest BCUT2D eigenvalue weighted by molar-refractivity contribution is 0.0244. The molecule has 0 aliphatic carbocycles. The van der Waals surface area contributed by atoms with Gasteiger partial charge in [0.05, 0.1) is 24.7 Å². The maximum Gasteiger partial charge on any atom is 0.258 e. The van der Waals surface area contributed by atoms with Crippen LogP contribution in [0.1, 0.15) is 35.6 Å². The average Bonchev–Trinajstić information content (AvgIpc) is 3.03. The molecule has 1 aromatic heterocycles. The maximum atomic E-state index is 13.1. The van der Waals surface area contributed by atoms with Crippen molar-refractivity contribution in [3.8, 4) is 5.75 Å². The number of imidazole rings is 1. The van der Waals surface area contributed by atoms with Crippen molar-refractivity contribution in [2.24, 2.45) is 0 Å². The van der Waals surface area contributed by atoms with Gasteiger partial charge in [-0.1, -0.05) is 11.6 Å². The van der Waals surface area contributed by atoms with Crippen molar-refractivity contribution in [1.29, 1.82) is 0 Å². The summed E-state index contributed by atoms with van der Waals surface area (Å²) < 4.78 is 5.35. The summed E-state index contributed by atoms with van der Waals surface area (Å²) in [6.07, 6.45) is 1.73. The number of aryl methyl sites for hydroxylation is 1. The molecule has 3 rings (SSSR count). The Morgan fingerprint density at radius 1 is 1.35 bits per heavy atom. The van der Waals surface area contributed by atoms with Gasteiger partial charge >= 0.3 is 0 Å². The molecular formula is C19H25ClN4O2. The van der Waals surface area contributed by atoms with E-state index in [1.54, 1.807) is 31.6 Å². The minimum Gasteiger partial charge on any atom is -0.496 e. The lowest BCUT2D eigenvalue weighted by Gasteiger charge is -2.45. The van der Waals surface area contributed by atoms with Crippen molar-refractivity contribution < 1.29 is 9.53 Å². The van der Waals surface area contributed by atoms with E-state index in [2.05, 4.69) is 28.7 Å². The van der Waals surface area contributed by atoms with Gasteiger partial charge in [0, 0.05) is 42.4 Å². The fourth-order valence-electron chi connectivity index (χ4n) is 3.46. The fourth-order valence-corrected chi connectivity index (χ4v) is 3.63. The molecule has 1 aliphatic rings. The van der Waals surface area contributed by atoms with Gasteiger partial charge in [-0.15, -0.1) is 0 Å². The number of aromatic nitrogens is 2. The summed E-state index contributed by atoms with van der Waals surface area (Å²) in [5.41, 5.74) is 2.66. The summed E-state index contributed by atoms with van der Waals surface area (Å²) in [4.78, 5) is 24.9. The number of nitrogens with zero attached hydrogens (tertiary/aromatic N) is 3. The minimum atomic E-state index is -0.0423. The number of methoxy groups -OCH3 is 1. The van der Waals surface area contributed by atoms with E-state index in [4.69, 9.17) is 16.3 Å². The van der Waals surface area contributed by atoms with Gasteiger partial charge in [-0.05, 0) is 39.0 Å². The van der Waals surface area contributed by atoms with E-state index >= 15 is 0 Å². The molecule has 7 heteroatoms. The van der Waals surface area contributed by atoms with E-state index in [0.717, 1.165) is 24.5 Å². The normalized spacial score (nSPS) is 21.0. The number of piperazine rings is 1. The molecule has 26 heavy (non-hydrogen) atoms. The Morgan fingerprint density at radius 2 is 2.12 bits per heavy atom. The van der Waals surface area contributed by atoms with Crippen LogP contribution >= 0.6 is 11.6 Å². The number of carbonyl (C=O) groups is 1. The van der Waals surface area contributed by atoms with Gasteiger partial charge in [-0.2, -0.15) is 0 Å². The molecular weight excluding hydrogens is 352 g/mol. The molecule has 1 N–H and O–H groups in total. The smallest absolute Gasteiger partial charge is 0.258 e. The summed E-state index contributed by atoms with van der Waals surface area (Å²) in [6, 6.07) is 5.43. The first-order valence-corrected chi connectivity index (χ1v) is 9.17.